The maximum absolute atomic E-state index is 12.7. The normalized spacial score (nSPS) is 16.3. The third kappa shape index (κ3) is 3.62. The molecular formula is C20H20N4O3. The lowest BCUT2D eigenvalue weighted by molar-refractivity contribution is 0.182. The maximum Gasteiger partial charge on any atom is 0.321 e. The van der Waals surface area contributed by atoms with Crippen molar-refractivity contribution >= 4 is 22.5 Å². The SMILES string of the molecule is COc1nccnc1OC1CCN(C(=O)Nc2cccc3ccccc23)C1. The van der Waals surface area contributed by atoms with Crippen molar-refractivity contribution < 1.29 is 14.3 Å². The van der Waals surface area contributed by atoms with Crippen LogP contribution < -0.4 is 14.8 Å². The van der Waals surface area contributed by atoms with Crippen LogP contribution in [-0.2, 0) is 0 Å². The van der Waals surface area contributed by atoms with E-state index in [-0.39, 0.29) is 12.1 Å². The number of likely N-dealkylation sites (tertiary alicyclic amines) is 1. The number of hydrogen-bond acceptors (Lipinski definition) is 5. The lowest BCUT2D eigenvalue weighted by Crippen LogP contribution is -2.34. The predicted octanol–water partition coefficient (Wildman–Crippen LogP) is 3.32. The number of nitrogens with zero attached hydrogens (tertiary/aromatic N) is 3. The van der Waals surface area contributed by atoms with Gasteiger partial charge in [0, 0.05) is 30.7 Å². The largest absolute Gasteiger partial charge is 0.477 e. The number of carbonyl (C=O) groups is 1. The molecule has 4 rings (SSSR count). The smallest absolute Gasteiger partial charge is 0.321 e. The van der Waals surface area contributed by atoms with E-state index in [2.05, 4.69) is 15.3 Å². The van der Waals surface area contributed by atoms with Gasteiger partial charge in [0.1, 0.15) is 6.10 Å². The number of benzene rings is 2. The molecule has 1 unspecified atom stereocenters. The van der Waals surface area contributed by atoms with Crippen LogP contribution in [0.1, 0.15) is 6.42 Å². The van der Waals surface area contributed by atoms with Crippen LogP contribution in [0.5, 0.6) is 11.8 Å². The first-order valence-corrected chi connectivity index (χ1v) is 8.80. The molecule has 7 heteroatoms. The molecule has 0 radical (unpaired) electrons. The summed E-state index contributed by atoms with van der Waals surface area (Å²) in [6, 6.07) is 13.7. The molecule has 1 saturated heterocycles. The van der Waals surface area contributed by atoms with Gasteiger partial charge in [-0.05, 0) is 11.5 Å². The summed E-state index contributed by atoms with van der Waals surface area (Å²) in [7, 11) is 1.52. The highest BCUT2D eigenvalue weighted by Gasteiger charge is 2.29. The second-order valence-corrected chi connectivity index (χ2v) is 6.30. The van der Waals surface area contributed by atoms with Crippen molar-refractivity contribution in [3.05, 3.63) is 54.9 Å². The first-order valence-electron chi connectivity index (χ1n) is 8.80. The van der Waals surface area contributed by atoms with Gasteiger partial charge in [0.2, 0.25) is 0 Å². The predicted molar refractivity (Wildman–Crippen MR) is 102 cm³/mol. The lowest BCUT2D eigenvalue weighted by atomic mass is 10.1. The fourth-order valence-corrected chi connectivity index (χ4v) is 3.23. The summed E-state index contributed by atoms with van der Waals surface area (Å²) >= 11 is 0. The Morgan fingerprint density at radius 3 is 2.74 bits per heavy atom. The zero-order valence-electron chi connectivity index (χ0n) is 15.0. The highest BCUT2D eigenvalue weighted by atomic mass is 16.5. The Morgan fingerprint density at radius 1 is 1.11 bits per heavy atom. The molecule has 0 spiro atoms. The molecular weight excluding hydrogens is 344 g/mol. The van der Waals surface area contributed by atoms with Gasteiger partial charge in [0.05, 0.1) is 19.3 Å². The second-order valence-electron chi connectivity index (χ2n) is 6.30. The molecule has 2 heterocycles. The van der Waals surface area contributed by atoms with Gasteiger partial charge in [0.15, 0.2) is 0 Å². The van der Waals surface area contributed by atoms with Crippen LogP contribution in [0, 0.1) is 0 Å². The highest BCUT2D eigenvalue weighted by molar-refractivity contribution is 6.01. The van der Waals surface area contributed by atoms with Crippen LogP contribution in [-0.4, -0.2) is 47.2 Å². The number of ether oxygens (including phenoxy) is 2. The average molecular weight is 364 g/mol. The topological polar surface area (TPSA) is 76.6 Å². The Hall–Kier alpha value is -3.35. The lowest BCUT2D eigenvalue weighted by Gasteiger charge is -2.18. The van der Waals surface area contributed by atoms with E-state index in [1.54, 1.807) is 17.3 Å². The summed E-state index contributed by atoms with van der Waals surface area (Å²) in [5.41, 5.74) is 0.804. The zero-order valence-corrected chi connectivity index (χ0v) is 15.0. The Bertz CT molecular complexity index is 957. The van der Waals surface area contributed by atoms with Crippen LogP contribution >= 0.6 is 0 Å². The van der Waals surface area contributed by atoms with Crippen molar-refractivity contribution in [2.45, 2.75) is 12.5 Å². The third-order valence-corrected chi connectivity index (χ3v) is 4.57. The van der Waals surface area contributed by atoms with Crippen molar-refractivity contribution in [2.75, 3.05) is 25.5 Å². The Morgan fingerprint density at radius 2 is 1.89 bits per heavy atom. The molecule has 2 aromatic carbocycles. The van der Waals surface area contributed by atoms with Gasteiger partial charge in [0.25, 0.3) is 11.8 Å². The summed E-state index contributed by atoms with van der Waals surface area (Å²) in [6.07, 6.45) is 3.68. The molecule has 27 heavy (non-hydrogen) atoms. The van der Waals surface area contributed by atoms with Gasteiger partial charge in [-0.15, -0.1) is 0 Å². The summed E-state index contributed by atoms with van der Waals surface area (Å²) in [5.74, 6) is 0.692. The number of urea groups is 1. The average Bonchev–Trinajstić information content (AvgIpc) is 3.17. The molecule has 1 aromatic heterocycles. The zero-order chi connectivity index (χ0) is 18.6. The molecule has 3 aromatic rings. The Labute approximate surface area is 156 Å². The molecule has 1 fully saturated rings. The number of methoxy groups -OCH3 is 1. The number of hydrogen-bond donors (Lipinski definition) is 1. The first-order chi connectivity index (χ1) is 13.2. The van der Waals surface area contributed by atoms with Crippen molar-refractivity contribution in [3.63, 3.8) is 0 Å². The molecule has 7 nitrogen and oxygen atoms in total. The molecule has 0 aliphatic carbocycles. The van der Waals surface area contributed by atoms with Gasteiger partial charge in [-0.25, -0.2) is 14.8 Å². The van der Waals surface area contributed by atoms with Crippen LogP contribution in [0.15, 0.2) is 54.9 Å². The third-order valence-electron chi connectivity index (χ3n) is 4.57. The van der Waals surface area contributed by atoms with Crippen LogP contribution in [0.4, 0.5) is 10.5 Å². The summed E-state index contributed by atoms with van der Waals surface area (Å²) < 4.78 is 11.0. The van der Waals surface area contributed by atoms with Gasteiger partial charge in [-0.1, -0.05) is 36.4 Å². The van der Waals surface area contributed by atoms with Crippen molar-refractivity contribution in [3.8, 4) is 11.8 Å². The summed E-state index contributed by atoms with van der Waals surface area (Å²) in [6.45, 7) is 1.10. The van der Waals surface area contributed by atoms with E-state index in [1.165, 1.54) is 7.11 Å². The number of amides is 2. The van der Waals surface area contributed by atoms with E-state index in [9.17, 15) is 4.79 Å². The van der Waals surface area contributed by atoms with E-state index in [0.717, 1.165) is 22.9 Å². The van der Waals surface area contributed by atoms with Gasteiger partial charge >= 0.3 is 6.03 Å². The number of fused-ring (bicyclic) bond motifs is 1. The molecule has 1 aliphatic rings. The first kappa shape index (κ1) is 17.1. The van der Waals surface area contributed by atoms with E-state index in [0.29, 0.717) is 24.8 Å². The monoisotopic (exact) mass is 364 g/mol. The second kappa shape index (κ2) is 7.49. The Balaban J connectivity index is 1.42. The van der Waals surface area contributed by atoms with Crippen LogP contribution in [0.2, 0.25) is 0 Å². The minimum Gasteiger partial charge on any atom is -0.477 e. The standard InChI is InChI=1S/C20H20N4O3/c1-26-18-19(22-11-10-21-18)27-15-9-12-24(13-15)20(25)23-17-8-4-6-14-5-2-3-7-16(14)17/h2-8,10-11,15H,9,12-13H2,1H3,(H,23,25). The molecule has 0 saturated carbocycles. The van der Waals surface area contributed by atoms with Crippen molar-refractivity contribution in [1.29, 1.82) is 0 Å². The van der Waals surface area contributed by atoms with Gasteiger partial charge < -0.3 is 19.7 Å². The molecule has 1 N–H and O–H groups in total. The van der Waals surface area contributed by atoms with E-state index in [4.69, 9.17) is 9.47 Å². The number of carbonyl (C=O) groups excluding carboxylic acids is 1. The molecule has 1 atom stereocenters. The van der Waals surface area contributed by atoms with Crippen LogP contribution in [0.3, 0.4) is 0 Å². The minimum atomic E-state index is -0.145. The highest BCUT2D eigenvalue weighted by Crippen LogP contribution is 2.26. The molecule has 1 aliphatic heterocycles. The molecule has 138 valence electrons. The number of rotatable bonds is 4. The number of nitrogens with one attached hydrogen (secondary N) is 1. The van der Waals surface area contributed by atoms with Crippen LogP contribution in [0.25, 0.3) is 10.8 Å². The number of anilines is 1. The fourth-order valence-electron chi connectivity index (χ4n) is 3.23. The van der Waals surface area contributed by atoms with E-state index >= 15 is 0 Å². The summed E-state index contributed by atoms with van der Waals surface area (Å²) in [4.78, 5) is 22.7. The van der Waals surface area contributed by atoms with E-state index < -0.39 is 0 Å². The summed E-state index contributed by atoms with van der Waals surface area (Å²) in [5, 5.41) is 5.12. The quantitative estimate of drug-likeness (QED) is 0.768. The number of aromatic nitrogens is 2. The van der Waals surface area contributed by atoms with Gasteiger partial charge in [-0.2, -0.15) is 0 Å². The molecule has 2 amide bonds. The van der Waals surface area contributed by atoms with Crippen molar-refractivity contribution in [2.24, 2.45) is 0 Å². The van der Waals surface area contributed by atoms with Gasteiger partial charge in [-0.3, -0.25) is 0 Å². The maximum atomic E-state index is 12.7. The minimum absolute atomic E-state index is 0.136. The van der Waals surface area contributed by atoms with Crippen molar-refractivity contribution in [1.82, 2.24) is 14.9 Å². The molecule has 0 bridgehead atoms. The van der Waals surface area contributed by atoms with E-state index in [1.807, 2.05) is 42.5 Å². The fraction of sp³-hybridized carbons (Fsp3) is 0.250. The Kier molecular flexibility index (Phi) is 4.74.